The summed E-state index contributed by atoms with van der Waals surface area (Å²) in [7, 11) is 0. The lowest BCUT2D eigenvalue weighted by Crippen LogP contribution is -2.52. The van der Waals surface area contributed by atoms with Crippen LogP contribution >= 0.6 is 0 Å². The van der Waals surface area contributed by atoms with Gasteiger partial charge in [0.25, 0.3) is 0 Å². The lowest BCUT2D eigenvalue weighted by molar-refractivity contribution is -0.147. The van der Waals surface area contributed by atoms with E-state index in [4.69, 9.17) is 5.11 Å². The second-order valence-corrected chi connectivity index (χ2v) is 4.59. The molecule has 0 aromatic rings. The predicted molar refractivity (Wildman–Crippen MR) is 55.7 cm³/mol. The summed E-state index contributed by atoms with van der Waals surface area (Å²) in [6.07, 6.45) is 0. The summed E-state index contributed by atoms with van der Waals surface area (Å²) in [5.41, 5.74) is -1.12. The third-order valence-electron chi connectivity index (χ3n) is 2.86. The molecule has 0 spiro atoms. The summed E-state index contributed by atoms with van der Waals surface area (Å²) in [6, 6.07) is -0.0653. The first-order valence-electron chi connectivity index (χ1n) is 5.10. The van der Waals surface area contributed by atoms with Gasteiger partial charge in [-0.15, -0.1) is 0 Å². The standard InChI is InChI=1S/C10H18N2O3/c1-7(2)11-5-6-12(9(11)15)10(3,4)8(13)14/h7H,5-6H2,1-4H3,(H,13,14). The van der Waals surface area contributed by atoms with Gasteiger partial charge < -0.3 is 14.9 Å². The van der Waals surface area contributed by atoms with Crippen molar-refractivity contribution in [2.75, 3.05) is 13.1 Å². The number of hydrogen-bond donors (Lipinski definition) is 1. The second-order valence-electron chi connectivity index (χ2n) is 4.59. The molecule has 1 aliphatic heterocycles. The quantitative estimate of drug-likeness (QED) is 0.762. The van der Waals surface area contributed by atoms with Crippen LogP contribution in [-0.4, -0.2) is 51.6 Å². The summed E-state index contributed by atoms with van der Waals surface area (Å²) >= 11 is 0. The number of amides is 2. The second kappa shape index (κ2) is 3.72. The third-order valence-corrected chi connectivity index (χ3v) is 2.86. The number of rotatable bonds is 3. The summed E-state index contributed by atoms with van der Waals surface area (Å²) in [5, 5.41) is 9.03. The van der Waals surface area contributed by atoms with Crippen molar-refractivity contribution in [1.82, 2.24) is 9.80 Å². The first kappa shape index (κ1) is 11.8. The number of urea groups is 1. The van der Waals surface area contributed by atoms with Crippen LogP contribution in [0.1, 0.15) is 27.7 Å². The van der Waals surface area contributed by atoms with Crippen LogP contribution < -0.4 is 0 Å². The summed E-state index contributed by atoms with van der Waals surface area (Å²) in [4.78, 5) is 26.0. The maximum absolute atomic E-state index is 11.9. The molecule has 1 fully saturated rings. The van der Waals surface area contributed by atoms with Crippen LogP contribution in [0.3, 0.4) is 0 Å². The average molecular weight is 214 g/mol. The van der Waals surface area contributed by atoms with E-state index >= 15 is 0 Å². The minimum absolute atomic E-state index is 0.118. The number of hydrogen-bond acceptors (Lipinski definition) is 2. The van der Waals surface area contributed by atoms with Gasteiger partial charge in [0.05, 0.1) is 0 Å². The Morgan fingerprint density at radius 1 is 1.40 bits per heavy atom. The Hall–Kier alpha value is -1.26. The third kappa shape index (κ3) is 1.91. The number of carboxylic acid groups (broad SMARTS) is 1. The molecule has 0 aromatic heterocycles. The first-order chi connectivity index (χ1) is 6.78. The van der Waals surface area contributed by atoms with Gasteiger partial charge in [-0.05, 0) is 27.7 Å². The summed E-state index contributed by atoms with van der Waals surface area (Å²) in [5.74, 6) is -0.971. The van der Waals surface area contributed by atoms with E-state index in [2.05, 4.69) is 0 Å². The van der Waals surface area contributed by atoms with Gasteiger partial charge >= 0.3 is 12.0 Å². The largest absolute Gasteiger partial charge is 0.480 e. The fourth-order valence-electron chi connectivity index (χ4n) is 1.67. The van der Waals surface area contributed by atoms with E-state index in [1.54, 1.807) is 18.7 Å². The van der Waals surface area contributed by atoms with Crippen molar-refractivity contribution in [2.24, 2.45) is 0 Å². The van der Waals surface area contributed by atoms with E-state index in [0.29, 0.717) is 13.1 Å². The molecule has 2 amide bonds. The van der Waals surface area contributed by atoms with E-state index in [9.17, 15) is 9.59 Å². The maximum atomic E-state index is 11.9. The molecule has 5 nitrogen and oxygen atoms in total. The normalized spacial score (nSPS) is 17.8. The monoisotopic (exact) mass is 214 g/mol. The van der Waals surface area contributed by atoms with Gasteiger partial charge in [0.2, 0.25) is 0 Å². The zero-order chi connectivity index (χ0) is 11.8. The van der Waals surface area contributed by atoms with Gasteiger partial charge in [-0.3, -0.25) is 0 Å². The van der Waals surface area contributed by atoms with Gasteiger partial charge in [-0.2, -0.15) is 0 Å². The molecule has 0 atom stereocenters. The van der Waals surface area contributed by atoms with Crippen molar-refractivity contribution < 1.29 is 14.7 Å². The Labute approximate surface area is 89.7 Å². The van der Waals surface area contributed by atoms with E-state index in [0.717, 1.165) is 0 Å². The topological polar surface area (TPSA) is 60.9 Å². The lowest BCUT2D eigenvalue weighted by Gasteiger charge is -2.31. The molecular formula is C10H18N2O3. The fraction of sp³-hybridized carbons (Fsp3) is 0.800. The van der Waals surface area contributed by atoms with E-state index in [1.165, 1.54) is 4.90 Å². The molecule has 0 saturated carbocycles. The van der Waals surface area contributed by atoms with Crippen molar-refractivity contribution in [3.05, 3.63) is 0 Å². The van der Waals surface area contributed by atoms with Crippen molar-refractivity contribution in [3.8, 4) is 0 Å². The zero-order valence-electron chi connectivity index (χ0n) is 9.65. The molecule has 5 heteroatoms. The summed E-state index contributed by atoms with van der Waals surface area (Å²) in [6.45, 7) is 8.04. The Kier molecular flexibility index (Phi) is 2.93. The number of aliphatic carboxylic acids is 1. The van der Waals surface area contributed by atoms with Crippen molar-refractivity contribution >= 4 is 12.0 Å². The van der Waals surface area contributed by atoms with Crippen LogP contribution in [-0.2, 0) is 4.79 Å². The number of nitrogens with zero attached hydrogens (tertiary/aromatic N) is 2. The minimum atomic E-state index is -1.12. The SMILES string of the molecule is CC(C)N1CCN(C(C)(C)C(=O)O)C1=O. The Morgan fingerprint density at radius 3 is 2.27 bits per heavy atom. The smallest absolute Gasteiger partial charge is 0.329 e. The van der Waals surface area contributed by atoms with Crippen LogP contribution in [0.2, 0.25) is 0 Å². The van der Waals surface area contributed by atoms with Crippen LogP contribution in [0.25, 0.3) is 0 Å². The van der Waals surface area contributed by atoms with Crippen LogP contribution in [0.5, 0.6) is 0 Å². The number of carbonyl (C=O) groups excluding carboxylic acids is 1. The predicted octanol–water partition coefficient (Wildman–Crippen LogP) is 0.996. The van der Waals surface area contributed by atoms with Gasteiger partial charge in [0.15, 0.2) is 0 Å². The molecule has 1 rings (SSSR count). The van der Waals surface area contributed by atoms with E-state index < -0.39 is 11.5 Å². The molecule has 86 valence electrons. The molecule has 1 N–H and O–H groups in total. The Morgan fingerprint density at radius 2 is 1.93 bits per heavy atom. The molecule has 1 heterocycles. The van der Waals surface area contributed by atoms with Crippen LogP contribution in [0.4, 0.5) is 4.79 Å². The fourth-order valence-corrected chi connectivity index (χ4v) is 1.67. The Bertz CT molecular complexity index is 286. The van der Waals surface area contributed by atoms with Gasteiger partial charge in [0, 0.05) is 19.1 Å². The molecule has 1 saturated heterocycles. The molecule has 15 heavy (non-hydrogen) atoms. The molecule has 0 aromatic carbocycles. The first-order valence-corrected chi connectivity index (χ1v) is 5.10. The highest BCUT2D eigenvalue weighted by molar-refractivity contribution is 5.86. The summed E-state index contributed by atoms with van der Waals surface area (Å²) < 4.78 is 0. The van der Waals surface area contributed by atoms with Crippen molar-refractivity contribution in [2.45, 2.75) is 39.3 Å². The van der Waals surface area contributed by atoms with Crippen molar-refractivity contribution in [3.63, 3.8) is 0 Å². The maximum Gasteiger partial charge on any atom is 0.329 e. The van der Waals surface area contributed by atoms with Gasteiger partial charge in [0.1, 0.15) is 5.54 Å². The van der Waals surface area contributed by atoms with Crippen molar-refractivity contribution in [1.29, 1.82) is 0 Å². The molecular weight excluding hydrogens is 196 g/mol. The van der Waals surface area contributed by atoms with Crippen LogP contribution in [0.15, 0.2) is 0 Å². The molecule has 1 aliphatic rings. The highest BCUT2D eigenvalue weighted by Crippen LogP contribution is 2.22. The zero-order valence-corrected chi connectivity index (χ0v) is 9.65. The molecule has 0 unspecified atom stereocenters. The van der Waals surface area contributed by atoms with Gasteiger partial charge in [-0.25, -0.2) is 9.59 Å². The minimum Gasteiger partial charge on any atom is -0.480 e. The number of carboxylic acids is 1. The van der Waals surface area contributed by atoms with E-state index in [1.807, 2.05) is 13.8 Å². The Balaban J connectivity index is 2.85. The number of carbonyl (C=O) groups is 2. The molecule has 0 bridgehead atoms. The average Bonchev–Trinajstić information content (AvgIpc) is 2.46. The lowest BCUT2D eigenvalue weighted by atomic mass is 10.0. The molecule has 0 radical (unpaired) electrons. The van der Waals surface area contributed by atoms with Gasteiger partial charge in [-0.1, -0.05) is 0 Å². The van der Waals surface area contributed by atoms with E-state index in [-0.39, 0.29) is 12.1 Å². The highest BCUT2D eigenvalue weighted by atomic mass is 16.4. The van der Waals surface area contributed by atoms with Crippen LogP contribution in [0, 0.1) is 0 Å². The highest BCUT2D eigenvalue weighted by Gasteiger charge is 2.43. The molecule has 0 aliphatic carbocycles.